The van der Waals surface area contributed by atoms with Gasteiger partial charge in [0.25, 0.3) is 0 Å². The first-order valence-corrected chi connectivity index (χ1v) is 7.86. The average molecular weight is 348 g/mol. The van der Waals surface area contributed by atoms with Gasteiger partial charge in [-0.15, -0.1) is 0 Å². The molecule has 1 heterocycles. The Kier molecular flexibility index (Phi) is 4.29. The maximum Gasteiger partial charge on any atom is 0.149 e. The Morgan fingerprint density at radius 3 is 2.81 bits per heavy atom. The van der Waals surface area contributed by atoms with Crippen molar-refractivity contribution in [2.45, 2.75) is 20.1 Å². The molecule has 3 nitrogen and oxygen atoms in total. The van der Waals surface area contributed by atoms with Crippen LogP contribution in [0.15, 0.2) is 39.2 Å². The van der Waals surface area contributed by atoms with Crippen LogP contribution in [0, 0.1) is 0 Å². The molecule has 4 heteroatoms. The van der Waals surface area contributed by atoms with Crippen molar-refractivity contribution in [1.29, 1.82) is 0 Å². The number of furan rings is 1. The number of fused-ring (bicyclic) bond motifs is 2. The molecule has 0 atom stereocenters. The fourth-order valence-electron chi connectivity index (χ4n) is 2.63. The van der Waals surface area contributed by atoms with Crippen LogP contribution in [0.5, 0.6) is 0 Å². The number of ether oxygens (including phenoxy) is 1. The first kappa shape index (κ1) is 14.6. The van der Waals surface area contributed by atoms with Crippen molar-refractivity contribution in [1.82, 2.24) is 5.32 Å². The Morgan fingerprint density at radius 2 is 2.05 bits per heavy atom. The lowest BCUT2D eigenvalue weighted by molar-refractivity contribution is 0.183. The molecule has 0 amide bonds. The van der Waals surface area contributed by atoms with Crippen LogP contribution >= 0.6 is 15.9 Å². The lowest BCUT2D eigenvalue weighted by Crippen LogP contribution is -2.12. The molecule has 0 spiro atoms. The third-order valence-corrected chi connectivity index (χ3v) is 4.44. The summed E-state index contributed by atoms with van der Waals surface area (Å²) in [6.07, 6.45) is 0. The van der Waals surface area contributed by atoms with Gasteiger partial charge in [-0.2, -0.15) is 0 Å². The van der Waals surface area contributed by atoms with E-state index < -0.39 is 0 Å². The van der Waals surface area contributed by atoms with E-state index in [1.165, 1.54) is 5.39 Å². The van der Waals surface area contributed by atoms with E-state index in [2.05, 4.69) is 52.4 Å². The van der Waals surface area contributed by atoms with Gasteiger partial charge in [-0.3, -0.25) is 0 Å². The summed E-state index contributed by atoms with van der Waals surface area (Å²) in [6.45, 7) is 4.26. The zero-order valence-corrected chi connectivity index (χ0v) is 13.8. The Morgan fingerprint density at radius 1 is 1.24 bits per heavy atom. The van der Waals surface area contributed by atoms with Crippen LogP contribution in [0.2, 0.25) is 0 Å². The number of methoxy groups -OCH3 is 1. The lowest BCUT2D eigenvalue weighted by atomic mass is 10.1. The summed E-state index contributed by atoms with van der Waals surface area (Å²) < 4.78 is 12.5. The third-order valence-electron chi connectivity index (χ3n) is 3.65. The maximum absolute atomic E-state index is 6.10. The first-order valence-electron chi connectivity index (χ1n) is 7.07. The van der Waals surface area contributed by atoms with E-state index in [1.54, 1.807) is 7.11 Å². The molecule has 0 fully saturated rings. The van der Waals surface area contributed by atoms with Crippen molar-refractivity contribution in [3.63, 3.8) is 0 Å². The molecule has 0 aliphatic carbocycles. The number of halogens is 1. The Bertz CT molecular complexity index is 779. The molecule has 0 aliphatic heterocycles. The normalized spacial score (nSPS) is 11.6. The van der Waals surface area contributed by atoms with E-state index in [0.29, 0.717) is 13.2 Å². The molecule has 0 saturated carbocycles. The minimum Gasteiger partial charge on any atom is -0.458 e. The quantitative estimate of drug-likeness (QED) is 0.732. The van der Waals surface area contributed by atoms with E-state index >= 15 is 0 Å². The molecule has 0 saturated heterocycles. The van der Waals surface area contributed by atoms with Crippen LogP contribution in [0.3, 0.4) is 0 Å². The minimum atomic E-state index is 0.554. The van der Waals surface area contributed by atoms with Crippen LogP contribution in [-0.2, 0) is 17.9 Å². The summed E-state index contributed by atoms with van der Waals surface area (Å²) in [5.41, 5.74) is 2.02. The summed E-state index contributed by atoms with van der Waals surface area (Å²) in [5.74, 6) is 0.949. The highest BCUT2D eigenvalue weighted by Gasteiger charge is 2.17. The van der Waals surface area contributed by atoms with Gasteiger partial charge >= 0.3 is 0 Å². The van der Waals surface area contributed by atoms with Crippen LogP contribution < -0.4 is 5.32 Å². The Hall–Kier alpha value is -1.36. The van der Waals surface area contributed by atoms with Gasteiger partial charge in [0.2, 0.25) is 0 Å². The number of hydrogen-bond acceptors (Lipinski definition) is 3. The highest BCUT2D eigenvalue weighted by molar-refractivity contribution is 9.10. The van der Waals surface area contributed by atoms with Gasteiger partial charge in [0.05, 0.1) is 17.6 Å². The Balaban J connectivity index is 2.27. The fraction of sp³-hybridized carbons (Fsp3) is 0.294. The summed E-state index contributed by atoms with van der Waals surface area (Å²) >= 11 is 3.69. The molecular formula is C17H18BrNO2. The second kappa shape index (κ2) is 6.18. The number of benzene rings is 2. The van der Waals surface area contributed by atoms with E-state index in [9.17, 15) is 0 Å². The number of nitrogens with one attached hydrogen (secondary N) is 1. The van der Waals surface area contributed by atoms with Crippen molar-refractivity contribution in [3.05, 3.63) is 46.1 Å². The molecule has 3 aromatic rings. The smallest absolute Gasteiger partial charge is 0.149 e. The molecule has 0 aliphatic rings. The molecule has 1 aromatic heterocycles. The summed E-state index contributed by atoms with van der Waals surface area (Å²) in [5, 5.41) is 6.81. The predicted octanol–water partition coefficient (Wildman–Crippen LogP) is 4.60. The molecule has 3 rings (SSSR count). The molecule has 21 heavy (non-hydrogen) atoms. The third kappa shape index (κ3) is 2.59. The molecule has 1 N–H and O–H groups in total. The predicted molar refractivity (Wildman–Crippen MR) is 89.5 cm³/mol. The maximum atomic E-state index is 6.10. The monoisotopic (exact) mass is 347 g/mol. The second-order valence-corrected chi connectivity index (χ2v) is 5.80. The SMILES string of the molecule is CCNCc1oc2c(Br)c3ccccc3cc2c1COC. The molecule has 2 aromatic carbocycles. The highest BCUT2D eigenvalue weighted by atomic mass is 79.9. The van der Waals surface area contributed by atoms with Crippen molar-refractivity contribution in [3.8, 4) is 0 Å². The van der Waals surface area contributed by atoms with Gasteiger partial charge in [0.15, 0.2) is 0 Å². The molecule has 110 valence electrons. The molecular weight excluding hydrogens is 330 g/mol. The van der Waals surface area contributed by atoms with Gasteiger partial charge in [0.1, 0.15) is 11.3 Å². The second-order valence-electron chi connectivity index (χ2n) is 5.01. The summed E-state index contributed by atoms with van der Waals surface area (Å²) in [6, 6.07) is 10.5. The van der Waals surface area contributed by atoms with Gasteiger partial charge in [-0.1, -0.05) is 31.2 Å². The zero-order valence-electron chi connectivity index (χ0n) is 12.2. The minimum absolute atomic E-state index is 0.554. The van der Waals surface area contributed by atoms with E-state index in [1.807, 2.05) is 6.07 Å². The fourth-order valence-corrected chi connectivity index (χ4v) is 3.28. The number of hydrogen-bond donors (Lipinski definition) is 1. The van der Waals surface area contributed by atoms with Crippen molar-refractivity contribution in [2.75, 3.05) is 13.7 Å². The van der Waals surface area contributed by atoms with Gasteiger partial charge in [-0.25, -0.2) is 0 Å². The van der Waals surface area contributed by atoms with Crippen LogP contribution in [0.1, 0.15) is 18.2 Å². The summed E-state index contributed by atoms with van der Waals surface area (Å²) in [7, 11) is 1.71. The van der Waals surface area contributed by atoms with Gasteiger partial charge < -0.3 is 14.5 Å². The van der Waals surface area contributed by atoms with Crippen LogP contribution in [0.4, 0.5) is 0 Å². The van der Waals surface area contributed by atoms with E-state index in [4.69, 9.17) is 9.15 Å². The van der Waals surface area contributed by atoms with E-state index in [-0.39, 0.29) is 0 Å². The molecule has 0 radical (unpaired) electrons. The van der Waals surface area contributed by atoms with E-state index in [0.717, 1.165) is 38.7 Å². The summed E-state index contributed by atoms with van der Waals surface area (Å²) in [4.78, 5) is 0. The zero-order chi connectivity index (χ0) is 14.8. The highest BCUT2D eigenvalue weighted by Crippen LogP contribution is 2.37. The van der Waals surface area contributed by atoms with Crippen LogP contribution in [-0.4, -0.2) is 13.7 Å². The topological polar surface area (TPSA) is 34.4 Å². The Labute approximate surface area is 132 Å². The van der Waals surface area contributed by atoms with Crippen molar-refractivity contribution in [2.24, 2.45) is 0 Å². The largest absolute Gasteiger partial charge is 0.458 e. The molecule has 0 unspecified atom stereocenters. The molecule has 0 bridgehead atoms. The average Bonchev–Trinajstić information content (AvgIpc) is 2.84. The van der Waals surface area contributed by atoms with Crippen molar-refractivity contribution >= 4 is 37.7 Å². The standard InChI is InChI=1S/C17H18BrNO2/c1-3-19-9-15-14(10-20-2)13-8-11-6-4-5-7-12(11)16(18)17(13)21-15/h4-8,19H,3,9-10H2,1-2H3. The number of rotatable bonds is 5. The van der Waals surface area contributed by atoms with Gasteiger partial charge in [0, 0.05) is 18.1 Å². The van der Waals surface area contributed by atoms with Crippen molar-refractivity contribution < 1.29 is 9.15 Å². The van der Waals surface area contributed by atoms with Gasteiger partial charge in [-0.05, 0) is 39.3 Å². The first-order chi connectivity index (χ1) is 10.3. The van der Waals surface area contributed by atoms with Crippen LogP contribution in [0.25, 0.3) is 21.7 Å². The lowest BCUT2D eigenvalue weighted by Gasteiger charge is -2.03.